The van der Waals surface area contributed by atoms with Crippen molar-refractivity contribution in [1.82, 2.24) is 15.5 Å². The number of halogens is 1. The van der Waals surface area contributed by atoms with Gasteiger partial charge in [-0.3, -0.25) is 5.32 Å². The molecule has 0 fully saturated rings. The van der Waals surface area contributed by atoms with Gasteiger partial charge in [0.05, 0.1) is 22.9 Å². The van der Waals surface area contributed by atoms with Crippen LogP contribution in [0.3, 0.4) is 0 Å². The van der Waals surface area contributed by atoms with Gasteiger partial charge in [-0.1, -0.05) is 20.8 Å². The molecular weight excluding hydrogens is 305 g/mol. The van der Waals surface area contributed by atoms with Crippen LogP contribution >= 0.6 is 22.9 Å². The zero-order valence-electron chi connectivity index (χ0n) is 9.80. The van der Waals surface area contributed by atoms with Gasteiger partial charge in [0.15, 0.2) is 0 Å². The van der Waals surface area contributed by atoms with Crippen molar-refractivity contribution in [2.45, 2.75) is 26.9 Å². The molecule has 0 spiro atoms. The van der Waals surface area contributed by atoms with Crippen LogP contribution in [0.1, 0.15) is 20.8 Å². The van der Waals surface area contributed by atoms with Crippen LogP contribution in [-0.2, 0) is 0 Å². The van der Waals surface area contributed by atoms with Gasteiger partial charge in [0.25, 0.3) is 0 Å². The molecule has 0 amide bonds. The summed E-state index contributed by atoms with van der Waals surface area (Å²) in [5, 5.41) is 6.36. The first-order chi connectivity index (χ1) is 6.84. The summed E-state index contributed by atoms with van der Waals surface area (Å²) >= 11 is 1.97. The summed E-state index contributed by atoms with van der Waals surface area (Å²) in [5.41, 5.74) is 0.0654. The van der Waals surface area contributed by atoms with E-state index < -0.39 is 0 Å². The van der Waals surface area contributed by atoms with Gasteiger partial charge in [-0.2, -0.15) is 3.21 Å². The second-order valence-electron chi connectivity index (χ2n) is 4.82. The van der Waals surface area contributed by atoms with Crippen molar-refractivity contribution in [1.29, 1.82) is 0 Å². The normalized spacial score (nSPS) is 24.3. The second kappa shape index (κ2) is 4.54. The van der Waals surface area contributed by atoms with Crippen molar-refractivity contribution in [2.75, 3.05) is 14.1 Å². The lowest BCUT2D eigenvalue weighted by molar-refractivity contribution is 0.296. The molecule has 0 saturated carbocycles. The van der Waals surface area contributed by atoms with E-state index in [9.17, 15) is 0 Å². The summed E-state index contributed by atoms with van der Waals surface area (Å²) in [6.45, 7) is 6.45. The first kappa shape index (κ1) is 12.5. The molecule has 0 aliphatic carbocycles. The molecule has 0 bridgehead atoms. The van der Waals surface area contributed by atoms with E-state index in [4.69, 9.17) is 0 Å². The van der Waals surface area contributed by atoms with E-state index in [1.165, 1.54) is 0 Å². The maximum Gasteiger partial charge on any atom is 0.210 e. The minimum atomic E-state index is 0.0460. The van der Waals surface area contributed by atoms with Crippen LogP contribution in [-0.4, -0.2) is 37.1 Å². The number of nitrogens with zero attached hydrogens (tertiary/aromatic N) is 3. The van der Waals surface area contributed by atoms with Gasteiger partial charge < -0.3 is 10.2 Å². The Bertz CT molecular complexity index is 289. The fraction of sp³-hybridized carbons (Fsp3) is 0.778. The molecule has 1 unspecified atom stereocenters. The standard InChI is InChI=1S/C9H18IN5/c1-9(2,3)6-11-7(14-10)13-8(12-6)15(4)5/h6H,1-5H3,(H2,11,12,13,14). The van der Waals surface area contributed by atoms with E-state index in [1.54, 1.807) is 0 Å². The van der Waals surface area contributed by atoms with Crippen LogP contribution in [0.4, 0.5) is 0 Å². The van der Waals surface area contributed by atoms with E-state index >= 15 is 0 Å². The lowest BCUT2D eigenvalue weighted by Gasteiger charge is -2.35. The van der Waals surface area contributed by atoms with Crippen molar-refractivity contribution in [3.05, 3.63) is 0 Å². The second-order valence-corrected chi connectivity index (χ2v) is 5.30. The van der Waals surface area contributed by atoms with E-state index in [0.29, 0.717) is 0 Å². The third-order valence-corrected chi connectivity index (χ3v) is 2.57. The number of hydrogen-bond donors (Lipinski definition) is 2. The first-order valence-electron chi connectivity index (χ1n) is 4.82. The quantitative estimate of drug-likeness (QED) is 0.658. The molecule has 0 saturated heterocycles. The number of aliphatic imine (C=N–C) groups is 1. The zero-order valence-corrected chi connectivity index (χ0v) is 12.0. The molecule has 86 valence electrons. The van der Waals surface area contributed by atoms with Gasteiger partial charge in [0.2, 0.25) is 11.9 Å². The number of hydrogen-bond acceptors (Lipinski definition) is 3. The molecule has 1 heterocycles. The van der Waals surface area contributed by atoms with Crippen LogP contribution in [0.2, 0.25) is 0 Å². The molecule has 2 N–H and O–H groups in total. The molecule has 0 aromatic carbocycles. The van der Waals surface area contributed by atoms with Gasteiger partial charge in [0, 0.05) is 19.5 Å². The molecule has 1 aliphatic heterocycles. The fourth-order valence-electron chi connectivity index (χ4n) is 1.14. The van der Waals surface area contributed by atoms with Crippen molar-refractivity contribution in [3.8, 4) is 0 Å². The lowest BCUT2D eigenvalue weighted by Crippen LogP contribution is -2.57. The molecule has 0 radical (unpaired) electrons. The molecule has 1 atom stereocenters. The topological polar surface area (TPSA) is 52.0 Å². The molecule has 5 nitrogen and oxygen atoms in total. The molecule has 15 heavy (non-hydrogen) atoms. The summed E-state index contributed by atoms with van der Waals surface area (Å²) in [6, 6.07) is 0. The van der Waals surface area contributed by atoms with Crippen LogP contribution in [0.25, 0.3) is 0 Å². The predicted octanol–water partition coefficient (Wildman–Crippen LogP) is 1.17. The summed E-state index contributed by atoms with van der Waals surface area (Å²) in [5.74, 6) is 1.60. The number of rotatable bonds is 0. The highest BCUT2D eigenvalue weighted by Gasteiger charge is 2.29. The summed E-state index contributed by atoms with van der Waals surface area (Å²) in [6.07, 6.45) is 0.0460. The van der Waals surface area contributed by atoms with E-state index in [0.717, 1.165) is 11.9 Å². The van der Waals surface area contributed by atoms with Gasteiger partial charge in [-0.15, -0.1) is 0 Å². The Morgan fingerprint density at radius 3 is 2.40 bits per heavy atom. The highest BCUT2D eigenvalue weighted by atomic mass is 127. The van der Waals surface area contributed by atoms with E-state index in [-0.39, 0.29) is 11.6 Å². The summed E-state index contributed by atoms with van der Waals surface area (Å²) in [7, 11) is 3.92. The maximum absolute atomic E-state index is 4.59. The summed E-state index contributed by atoms with van der Waals surface area (Å²) in [4.78, 5) is 6.53. The van der Waals surface area contributed by atoms with Crippen LogP contribution < -0.4 is 10.6 Å². The van der Waals surface area contributed by atoms with Crippen LogP contribution in [0, 0.1) is 5.41 Å². The van der Waals surface area contributed by atoms with Gasteiger partial charge in [-0.25, -0.2) is 4.99 Å². The Hall–Kier alpha value is -0.530. The van der Waals surface area contributed by atoms with Crippen molar-refractivity contribution in [2.24, 2.45) is 13.6 Å². The Kier molecular flexibility index (Phi) is 3.80. The van der Waals surface area contributed by atoms with Crippen LogP contribution in [0.5, 0.6) is 0 Å². The predicted molar refractivity (Wildman–Crippen MR) is 72.1 cm³/mol. The average molecular weight is 323 g/mol. The van der Waals surface area contributed by atoms with Crippen molar-refractivity contribution >= 4 is 34.8 Å². The third kappa shape index (κ3) is 3.22. The molecule has 1 aliphatic rings. The largest absolute Gasteiger partial charge is 0.349 e. The summed E-state index contributed by atoms with van der Waals surface area (Å²) < 4.78 is 4.10. The molecule has 0 aromatic rings. The van der Waals surface area contributed by atoms with E-state index in [1.807, 2.05) is 41.9 Å². The van der Waals surface area contributed by atoms with Crippen LogP contribution in [0.15, 0.2) is 8.20 Å². The van der Waals surface area contributed by atoms with Gasteiger partial charge in [-0.05, 0) is 0 Å². The Morgan fingerprint density at radius 2 is 2.00 bits per heavy atom. The highest BCUT2D eigenvalue weighted by Crippen LogP contribution is 2.21. The minimum Gasteiger partial charge on any atom is -0.349 e. The zero-order chi connectivity index (χ0) is 11.6. The highest BCUT2D eigenvalue weighted by molar-refractivity contribution is 14.1. The maximum atomic E-state index is 4.59. The van der Waals surface area contributed by atoms with Gasteiger partial charge >= 0.3 is 0 Å². The van der Waals surface area contributed by atoms with E-state index in [2.05, 4.69) is 39.6 Å². The van der Waals surface area contributed by atoms with Crippen molar-refractivity contribution in [3.63, 3.8) is 0 Å². The Balaban J connectivity index is 2.95. The number of nitrogens with one attached hydrogen (secondary N) is 2. The molecule has 6 heteroatoms. The Labute approximate surface area is 105 Å². The fourth-order valence-corrected chi connectivity index (χ4v) is 1.40. The lowest BCUT2D eigenvalue weighted by atomic mass is 9.92. The molecule has 0 aromatic heterocycles. The average Bonchev–Trinajstić information content (AvgIpc) is 2.15. The molecule has 1 rings (SSSR count). The monoisotopic (exact) mass is 323 g/mol. The van der Waals surface area contributed by atoms with Gasteiger partial charge in [0.1, 0.15) is 6.17 Å². The third-order valence-electron chi connectivity index (χ3n) is 2.08. The van der Waals surface area contributed by atoms with Crippen molar-refractivity contribution < 1.29 is 0 Å². The first-order valence-corrected chi connectivity index (χ1v) is 5.78. The Morgan fingerprint density at radius 1 is 1.40 bits per heavy atom. The minimum absolute atomic E-state index is 0.0460. The molecular formula is C9H18IN5. The number of guanidine groups is 2. The smallest absolute Gasteiger partial charge is 0.210 e. The SMILES string of the molecule is CN(C)C1=NC(C(C)(C)C)N/C(=N\I)N1.